The van der Waals surface area contributed by atoms with Crippen LogP contribution in [-0.2, 0) is 23.2 Å². The van der Waals surface area contributed by atoms with Gasteiger partial charge in [-0.15, -0.1) is 0 Å². The molecule has 0 bridgehead atoms. The predicted octanol–water partition coefficient (Wildman–Crippen LogP) is 3.56. The maximum absolute atomic E-state index is 5.90. The minimum atomic E-state index is -0.0603. The van der Waals surface area contributed by atoms with E-state index >= 15 is 0 Å². The lowest BCUT2D eigenvalue weighted by Crippen LogP contribution is -2.36. The summed E-state index contributed by atoms with van der Waals surface area (Å²) in [5, 5.41) is 6.55. The topological polar surface area (TPSA) is 80.9 Å². The maximum Gasteiger partial charge on any atom is 0.213 e. The van der Waals surface area contributed by atoms with E-state index in [0.29, 0.717) is 44.8 Å². The molecule has 1 heterocycles. The molecule has 160 valence electrons. The Hall–Kier alpha value is -2.54. The second kappa shape index (κ2) is 10.9. The Balaban J connectivity index is 1.91. The number of benzene rings is 1. The number of oxazole rings is 1. The number of aromatic nitrogens is 1. The number of nitrogens with zero attached hydrogens (tertiary/aromatic N) is 2. The van der Waals surface area contributed by atoms with Gasteiger partial charge in [0, 0.05) is 31.2 Å². The van der Waals surface area contributed by atoms with E-state index in [-0.39, 0.29) is 5.41 Å². The highest BCUT2D eigenvalue weighted by Gasteiger charge is 2.19. The molecule has 29 heavy (non-hydrogen) atoms. The number of aliphatic imine (C=N–C) groups is 1. The van der Waals surface area contributed by atoms with Crippen LogP contribution in [0.2, 0.25) is 0 Å². The molecule has 7 heteroatoms. The molecule has 2 aromatic rings. The molecule has 0 fully saturated rings. The van der Waals surface area contributed by atoms with Gasteiger partial charge in [0.1, 0.15) is 18.1 Å². The second-order valence-corrected chi connectivity index (χ2v) is 7.80. The van der Waals surface area contributed by atoms with Crippen LogP contribution in [0.3, 0.4) is 0 Å². The molecule has 0 unspecified atom stereocenters. The molecule has 0 aliphatic heterocycles. The van der Waals surface area contributed by atoms with E-state index in [2.05, 4.69) is 60.4 Å². The van der Waals surface area contributed by atoms with Crippen molar-refractivity contribution in [1.82, 2.24) is 15.6 Å². The summed E-state index contributed by atoms with van der Waals surface area (Å²) in [5.74, 6) is 3.02. The molecular weight excluding hydrogens is 368 g/mol. The van der Waals surface area contributed by atoms with Crippen molar-refractivity contribution in [3.8, 4) is 5.75 Å². The van der Waals surface area contributed by atoms with Gasteiger partial charge < -0.3 is 24.5 Å². The number of nitrogens with one attached hydrogen (secondary N) is 2. The fourth-order valence-electron chi connectivity index (χ4n) is 2.59. The van der Waals surface area contributed by atoms with Crippen molar-refractivity contribution in [2.45, 2.75) is 53.1 Å². The summed E-state index contributed by atoms with van der Waals surface area (Å²) in [6.07, 6.45) is 1.78. The fraction of sp³-hybridized carbons (Fsp3) is 0.545. The SMILES string of the molecule is CCOCCOc1cc(C)ccc1CNC(=NC)NCc1ncc(C(C)(C)C)o1. The van der Waals surface area contributed by atoms with Crippen LogP contribution in [0.1, 0.15) is 50.5 Å². The van der Waals surface area contributed by atoms with E-state index in [4.69, 9.17) is 13.9 Å². The normalized spacial score (nSPS) is 12.1. The monoisotopic (exact) mass is 402 g/mol. The number of aryl methyl sites for hydroxylation is 1. The molecule has 0 atom stereocenters. The van der Waals surface area contributed by atoms with Crippen molar-refractivity contribution >= 4 is 5.96 Å². The number of hydrogen-bond donors (Lipinski definition) is 2. The van der Waals surface area contributed by atoms with Gasteiger partial charge in [-0.3, -0.25) is 4.99 Å². The summed E-state index contributed by atoms with van der Waals surface area (Å²) in [6.45, 7) is 13.2. The molecular formula is C22H34N4O3. The zero-order chi connectivity index (χ0) is 21.3. The average Bonchev–Trinajstić information content (AvgIpc) is 3.16. The standard InChI is InChI=1S/C22H34N4O3/c1-7-27-10-11-28-18-12-16(2)8-9-17(18)13-25-21(23-6)26-15-20-24-14-19(29-20)22(3,4)5/h8-9,12,14H,7,10-11,13,15H2,1-6H3,(H2,23,25,26). The van der Waals surface area contributed by atoms with Gasteiger partial charge in [0.2, 0.25) is 5.89 Å². The summed E-state index contributed by atoms with van der Waals surface area (Å²) in [4.78, 5) is 8.61. The van der Waals surface area contributed by atoms with Gasteiger partial charge in [-0.25, -0.2) is 4.98 Å². The highest BCUT2D eigenvalue weighted by molar-refractivity contribution is 5.79. The highest BCUT2D eigenvalue weighted by Crippen LogP contribution is 2.22. The first-order valence-corrected chi connectivity index (χ1v) is 10.0. The van der Waals surface area contributed by atoms with Gasteiger partial charge in [-0.05, 0) is 25.5 Å². The van der Waals surface area contributed by atoms with E-state index in [1.807, 2.05) is 13.0 Å². The Morgan fingerprint density at radius 1 is 1.17 bits per heavy atom. The summed E-state index contributed by atoms with van der Waals surface area (Å²) < 4.78 is 17.1. The quantitative estimate of drug-likeness (QED) is 0.379. The van der Waals surface area contributed by atoms with Crippen LogP contribution in [0, 0.1) is 6.92 Å². The lowest BCUT2D eigenvalue weighted by atomic mass is 9.94. The third-order valence-corrected chi connectivity index (χ3v) is 4.28. The molecule has 0 saturated heterocycles. The molecule has 2 N–H and O–H groups in total. The lowest BCUT2D eigenvalue weighted by molar-refractivity contribution is 0.110. The summed E-state index contributed by atoms with van der Waals surface area (Å²) in [7, 11) is 1.74. The van der Waals surface area contributed by atoms with Crippen molar-refractivity contribution < 1.29 is 13.9 Å². The Labute approximate surface area is 173 Å². The molecule has 0 spiro atoms. The third kappa shape index (κ3) is 7.42. The van der Waals surface area contributed by atoms with Gasteiger partial charge in [0.15, 0.2) is 5.96 Å². The lowest BCUT2D eigenvalue weighted by Gasteiger charge is -2.15. The molecule has 0 saturated carbocycles. The van der Waals surface area contributed by atoms with Crippen LogP contribution in [-0.4, -0.2) is 37.8 Å². The number of guanidine groups is 1. The first-order chi connectivity index (χ1) is 13.8. The molecule has 0 aliphatic rings. The van der Waals surface area contributed by atoms with E-state index < -0.39 is 0 Å². The highest BCUT2D eigenvalue weighted by atomic mass is 16.5. The van der Waals surface area contributed by atoms with Crippen molar-refractivity contribution in [1.29, 1.82) is 0 Å². The first kappa shape index (κ1) is 22.7. The minimum absolute atomic E-state index is 0.0603. The Bertz CT molecular complexity index is 794. The Morgan fingerprint density at radius 2 is 1.93 bits per heavy atom. The molecule has 0 radical (unpaired) electrons. The summed E-state index contributed by atoms with van der Waals surface area (Å²) >= 11 is 0. The minimum Gasteiger partial charge on any atom is -0.491 e. The van der Waals surface area contributed by atoms with Crippen molar-refractivity contribution in [3.05, 3.63) is 47.2 Å². The number of rotatable bonds is 9. The fourth-order valence-corrected chi connectivity index (χ4v) is 2.59. The molecule has 1 aromatic heterocycles. The van der Waals surface area contributed by atoms with Crippen LogP contribution in [0.25, 0.3) is 0 Å². The largest absolute Gasteiger partial charge is 0.491 e. The first-order valence-electron chi connectivity index (χ1n) is 10.0. The molecule has 0 aliphatic carbocycles. The number of hydrogen-bond acceptors (Lipinski definition) is 5. The third-order valence-electron chi connectivity index (χ3n) is 4.28. The van der Waals surface area contributed by atoms with Crippen LogP contribution < -0.4 is 15.4 Å². The van der Waals surface area contributed by atoms with E-state index in [0.717, 1.165) is 22.6 Å². The number of ether oxygens (including phenoxy) is 2. The molecule has 2 rings (SSSR count). The van der Waals surface area contributed by atoms with Gasteiger partial charge in [0.25, 0.3) is 0 Å². The Kier molecular flexibility index (Phi) is 8.51. The van der Waals surface area contributed by atoms with Gasteiger partial charge in [0.05, 0.1) is 19.3 Å². The van der Waals surface area contributed by atoms with Crippen LogP contribution in [0.15, 0.2) is 33.8 Å². The van der Waals surface area contributed by atoms with Crippen LogP contribution >= 0.6 is 0 Å². The van der Waals surface area contributed by atoms with Gasteiger partial charge >= 0.3 is 0 Å². The van der Waals surface area contributed by atoms with Crippen LogP contribution in [0.5, 0.6) is 5.75 Å². The smallest absolute Gasteiger partial charge is 0.213 e. The zero-order valence-electron chi connectivity index (χ0n) is 18.5. The van der Waals surface area contributed by atoms with Gasteiger partial charge in [-0.2, -0.15) is 0 Å². The van der Waals surface area contributed by atoms with Gasteiger partial charge in [-0.1, -0.05) is 32.9 Å². The summed E-state index contributed by atoms with van der Waals surface area (Å²) in [6, 6.07) is 6.18. The molecule has 7 nitrogen and oxygen atoms in total. The molecule has 1 aromatic carbocycles. The second-order valence-electron chi connectivity index (χ2n) is 7.80. The maximum atomic E-state index is 5.90. The predicted molar refractivity (Wildman–Crippen MR) is 115 cm³/mol. The zero-order valence-corrected chi connectivity index (χ0v) is 18.5. The van der Waals surface area contributed by atoms with E-state index in [9.17, 15) is 0 Å². The van der Waals surface area contributed by atoms with E-state index in [1.54, 1.807) is 13.2 Å². The van der Waals surface area contributed by atoms with Crippen molar-refractivity contribution in [2.75, 3.05) is 26.9 Å². The van der Waals surface area contributed by atoms with Crippen molar-refractivity contribution in [2.24, 2.45) is 4.99 Å². The van der Waals surface area contributed by atoms with E-state index in [1.165, 1.54) is 0 Å². The Morgan fingerprint density at radius 3 is 2.59 bits per heavy atom. The molecule has 0 amide bonds. The van der Waals surface area contributed by atoms with Crippen molar-refractivity contribution in [3.63, 3.8) is 0 Å². The summed E-state index contributed by atoms with van der Waals surface area (Å²) in [5.41, 5.74) is 2.15. The van der Waals surface area contributed by atoms with Crippen LogP contribution in [0.4, 0.5) is 0 Å². The average molecular weight is 403 g/mol.